The number of hydrogen-bond donors (Lipinski definition) is 1. The Kier molecular flexibility index (Phi) is 5.24. The fourth-order valence-corrected chi connectivity index (χ4v) is 2.29. The van der Waals surface area contributed by atoms with Crippen molar-refractivity contribution in [2.45, 2.75) is 12.8 Å². The second-order valence-electron chi connectivity index (χ2n) is 4.95. The molecular weight excluding hydrogens is 258 g/mol. The number of likely N-dealkylation sites (tertiary alicyclic amines) is 1. The van der Waals surface area contributed by atoms with Gasteiger partial charge in [0.05, 0.1) is 20.1 Å². The van der Waals surface area contributed by atoms with E-state index in [2.05, 4.69) is 0 Å². The van der Waals surface area contributed by atoms with Crippen molar-refractivity contribution >= 4 is 5.91 Å². The van der Waals surface area contributed by atoms with Crippen molar-refractivity contribution in [1.29, 1.82) is 0 Å². The van der Waals surface area contributed by atoms with Crippen molar-refractivity contribution in [3.05, 3.63) is 24.3 Å². The highest BCUT2D eigenvalue weighted by molar-refractivity contribution is 5.76. The number of aliphatic hydroxyl groups excluding tert-OH is 1. The minimum Gasteiger partial charge on any atom is -0.497 e. The maximum absolute atomic E-state index is 11.9. The smallest absolute Gasteiger partial charge is 0.226 e. The van der Waals surface area contributed by atoms with Gasteiger partial charge in [0.15, 0.2) is 0 Å². The van der Waals surface area contributed by atoms with E-state index in [0.29, 0.717) is 19.6 Å². The molecule has 0 saturated carbocycles. The summed E-state index contributed by atoms with van der Waals surface area (Å²) in [5.41, 5.74) is 0. The Morgan fingerprint density at radius 2 is 2.05 bits per heavy atom. The summed E-state index contributed by atoms with van der Waals surface area (Å²) in [6.07, 6.45) is 1.26. The minimum absolute atomic E-state index is 0.0921. The molecular formula is C15H21NO4. The molecule has 1 aliphatic heterocycles. The molecule has 1 unspecified atom stereocenters. The molecule has 1 amide bonds. The van der Waals surface area contributed by atoms with Crippen molar-refractivity contribution in [3.8, 4) is 11.5 Å². The Hall–Kier alpha value is -1.75. The average molecular weight is 279 g/mol. The summed E-state index contributed by atoms with van der Waals surface area (Å²) in [4.78, 5) is 13.7. The summed E-state index contributed by atoms with van der Waals surface area (Å²) in [5, 5.41) is 9.06. The number of methoxy groups -OCH3 is 1. The maximum Gasteiger partial charge on any atom is 0.226 e. The molecule has 0 radical (unpaired) electrons. The molecule has 20 heavy (non-hydrogen) atoms. The fourth-order valence-electron chi connectivity index (χ4n) is 2.29. The molecule has 1 atom stereocenters. The van der Waals surface area contributed by atoms with Crippen LogP contribution in [-0.2, 0) is 4.79 Å². The Morgan fingerprint density at radius 3 is 2.65 bits per heavy atom. The second kappa shape index (κ2) is 7.14. The van der Waals surface area contributed by atoms with Crippen LogP contribution < -0.4 is 9.47 Å². The SMILES string of the molecule is COc1ccc(OCCC(=O)N2CCC(CO)C2)cc1. The lowest BCUT2D eigenvalue weighted by atomic mass is 10.1. The van der Waals surface area contributed by atoms with E-state index in [-0.39, 0.29) is 18.4 Å². The lowest BCUT2D eigenvalue weighted by Crippen LogP contribution is -2.30. The first-order valence-electron chi connectivity index (χ1n) is 6.88. The predicted octanol–water partition coefficient (Wildman–Crippen LogP) is 1.30. The van der Waals surface area contributed by atoms with Gasteiger partial charge in [-0.1, -0.05) is 0 Å². The normalized spacial score (nSPS) is 18.1. The number of carbonyl (C=O) groups excluding carboxylic acids is 1. The van der Waals surface area contributed by atoms with Gasteiger partial charge in [-0.3, -0.25) is 4.79 Å². The van der Waals surface area contributed by atoms with Crippen LogP contribution in [0.3, 0.4) is 0 Å². The molecule has 1 saturated heterocycles. The molecule has 1 heterocycles. The quantitative estimate of drug-likeness (QED) is 0.853. The van der Waals surface area contributed by atoms with E-state index in [1.54, 1.807) is 12.0 Å². The number of ether oxygens (including phenoxy) is 2. The Morgan fingerprint density at radius 1 is 1.35 bits per heavy atom. The van der Waals surface area contributed by atoms with E-state index in [1.807, 2.05) is 24.3 Å². The second-order valence-corrected chi connectivity index (χ2v) is 4.95. The number of amides is 1. The highest BCUT2D eigenvalue weighted by Gasteiger charge is 2.25. The van der Waals surface area contributed by atoms with E-state index in [4.69, 9.17) is 14.6 Å². The van der Waals surface area contributed by atoms with Crippen molar-refractivity contribution < 1.29 is 19.4 Å². The zero-order chi connectivity index (χ0) is 14.4. The van der Waals surface area contributed by atoms with Crippen LogP contribution in [0.5, 0.6) is 11.5 Å². The average Bonchev–Trinajstić information content (AvgIpc) is 2.97. The van der Waals surface area contributed by atoms with Crippen molar-refractivity contribution in [2.24, 2.45) is 5.92 Å². The lowest BCUT2D eigenvalue weighted by Gasteiger charge is -2.16. The molecule has 5 nitrogen and oxygen atoms in total. The van der Waals surface area contributed by atoms with Crippen molar-refractivity contribution in [1.82, 2.24) is 4.90 Å². The largest absolute Gasteiger partial charge is 0.497 e. The topological polar surface area (TPSA) is 59.0 Å². The van der Waals surface area contributed by atoms with E-state index >= 15 is 0 Å². The number of benzene rings is 1. The molecule has 0 bridgehead atoms. The molecule has 1 aliphatic rings. The molecule has 0 aromatic heterocycles. The van der Waals surface area contributed by atoms with Crippen LogP contribution in [0.15, 0.2) is 24.3 Å². The lowest BCUT2D eigenvalue weighted by molar-refractivity contribution is -0.130. The Bertz CT molecular complexity index is 432. The molecule has 1 aromatic carbocycles. The van der Waals surface area contributed by atoms with Crippen LogP contribution >= 0.6 is 0 Å². The van der Waals surface area contributed by atoms with Crippen LogP contribution in [0.2, 0.25) is 0 Å². The number of aliphatic hydroxyl groups is 1. The first-order valence-corrected chi connectivity index (χ1v) is 6.88. The summed E-state index contributed by atoms with van der Waals surface area (Å²) in [5.74, 6) is 1.84. The molecule has 1 N–H and O–H groups in total. The molecule has 1 aromatic rings. The molecule has 1 fully saturated rings. The van der Waals surface area contributed by atoms with E-state index < -0.39 is 0 Å². The van der Waals surface area contributed by atoms with Gasteiger partial charge in [-0.15, -0.1) is 0 Å². The van der Waals surface area contributed by atoms with E-state index in [0.717, 1.165) is 24.5 Å². The van der Waals surface area contributed by atoms with Crippen molar-refractivity contribution in [2.75, 3.05) is 33.4 Å². The summed E-state index contributed by atoms with van der Waals surface area (Å²) in [7, 11) is 1.62. The monoisotopic (exact) mass is 279 g/mol. The van der Waals surface area contributed by atoms with Gasteiger partial charge in [0.2, 0.25) is 5.91 Å². The van der Waals surface area contributed by atoms with Gasteiger partial charge in [0.25, 0.3) is 0 Å². The third kappa shape index (κ3) is 3.87. The molecule has 2 rings (SSSR count). The van der Waals surface area contributed by atoms with Gasteiger partial charge >= 0.3 is 0 Å². The Balaban J connectivity index is 1.71. The van der Waals surface area contributed by atoms with Gasteiger partial charge in [-0.2, -0.15) is 0 Å². The van der Waals surface area contributed by atoms with Gasteiger partial charge < -0.3 is 19.5 Å². The zero-order valence-corrected chi connectivity index (χ0v) is 11.7. The van der Waals surface area contributed by atoms with Crippen LogP contribution in [-0.4, -0.2) is 49.3 Å². The maximum atomic E-state index is 11.9. The first-order chi connectivity index (χ1) is 9.72. The molecule has 0 spiro atoms. The predicted molar refractivity (Wildman–Crippen MR) is 74.9 cm³/mol. The van der Waals surface area contributed by atoms with Crippen LogP contribution in [0.25, 0.3) is 0 Å². The van der Waals surface area contributed by atoms with E-state index in [9.17, 15) is 4.79 Å². The van der Waals surface area contributed by atoms with Crippen molar-refractivity contribution in [3.63, 3.8) is 0 Å². The fraction of sp³-hybridized carbons (Fsp3) is 0.533. The third-order valence-corrected chi connectivity index (χ3v) is 3.54. The third-order valence-electron chi connectivity index (χ3n) is 3.54. The number of carbonyl (C=O) groups is 1. The number of nitrogens with zero attached hydrogens (tertiary/aromatic N) is 1. The molecule has 0 aliphatic carbocycles. The Labute approximate surface area is 119 Å². The van der Waals surface area contributed by atoms with Gasteiger partial charge in [-0.25, -0.2) is 0 Å². The van der Waals surface area contributed by atoms with Crippen LogP contribution in [0.4, 0.5) is 0 Å². The standard InChI is InChI=1S/C15H21NO4/c1-19-13-2-4-14(5-3-13)20-9-7-15(18)16-8-6-12(10-16)11-17/h2-5,12,17H,6-11H2,1H3. The summed E-state index contributed by atoms with van der Waals surface area (Å²) >= 11 is 0. The van der Waals surface area contributed by atoms with Gasteiger partial charge in [0, 0.05) is 25.6 Å². The van der Waals surface area contributed by atoms with Crippen LogP contribution in [0.1, 0.15) is 12.8 Å². The highest BCUT2D eigenvalue weighted by Crippen LogP contribution is 2.18. The highest BCUT2D eigenvalue weighted by atomic mass is 16.5. The molecule has 5 heteroatoms. The van der Waals surface area contributed by atoms with Gasteiger partial charge in [0.1, 0.15) is 11.5 Å². The van der Waals surface area contributed by atoms with Crippen LogP contribution in [0, 0.1) is 5.92 Å². The number of hydrogen-bond acceptors (Lipinski definition) is 4. The zero-order valence-electron chi connectivity index (χ0n) is 11.7. The summed E-state index contributed by atoms with van der Waals surface area (Å²) < 4.78 is 10.6. The summed E-state index contributed by atoms with van der Waals surface area (Å²) in [6.45, 7) is 1.93. The first kappa shape index (κ1) is 14.7. The minimum atomic E-state index is 0.0921. The summed E-state index contributed by atoms with van der Waals surface area (Å²) in [6, 6.07) is 7.29. The molecule has 110 valence electrons. The van der Waals surface area contributed by atoms with Gasteiger partial charge in [-0.05, 0) is 30.7 Å². The number of rotatable bonds is 6. The van der Waals surface area contributed by atoms with E-state index in [1.165, 1.54) is 0 Å².